The molecule has 0 aliphatic rings. The second-order valence-electron chi connectivity index (χ2n) is 3.45. The van der Waals surface area contributed by atoms with Gasteiger partial charge in [-0.2, -0.15) is 0 Å². The van der Waals surface area contributed by atoms with Gasteiger partial charge in [-0.25, -0.2) is 0 Å². The van der Waals surface area contributed by atoms with Gasteiger partial charge in [0.15, 0.2) is 12.6 Å². The molecule has 0 fully saturated rings. The number of hydrogen-bond acceptors (Lipinski definition) is 5. The molecule has 0 amide bonds. The molecule has 4 atom stereocenters. The smallest absolute Gasteiger partial charge is 0.152 e. The zero-order valence-corrected chi connectivity index (χ0v) is 9.74. The molecule has 94 valence electrons. The lowest BCUT2D eigenvalue weighted by Crippen LogP contribution is -2.47. The van der Waals surface area contributed by atoms with Crippen molar-refractivity contribution in [2.24, 2.45) is 5.73 Å². The summed E-state index contributed by atoms with van der Waals surface area (Å²) in [5, 5.41) is 18.2. The van der Waals surface area contributed by atoms with E-state index in [4.69, 9.17) is 25.4 Å². The lowest BCUT2D eigenvalue weighted by molar-refractivity contribution is -0.149. The van der Waals surface area contributed by atoms with Crippen LogP contribution in [-0.4, -0.2) is 41.0 Å². The SMILES string of the molecule is C=CC(OC(C)O)C(N)C(C=C)OC(C)O. The van der Waals surface area contributed by atoms with E-state index in [0.29, 0.717) is 0 Å². The molecular formula is C11H21NO4. The molecule has 0 aromatic rings. The first kappa shape index (κ1) is 15.3. The summed E-state index contributed by atoms with van der Waals surface area (Å²) in [6, 6.07) is -0.598. The highest BCUT2D eigenvalue weighted by atomic mass is 16.6. The van der Waals surface area contributed by atoms with Crippen molar-refractivity contribution in [3.05, 3.63) is 25.3 Å². The molecule has 0 aromatic carbocycles. The number of aliphatic hydroxyl groups is 2. The molecule has 4 unspecified atom stereocenters. The Bertz CT molecular complexity index is 196. The standard InChI is InChI=1S/C11H21NO4/c1-5-9(15-7(3)13)11(12)10(6-2)16-8(4)14/h5-11,13-14H,1-2,12H2,3-4H3. The van der Waals surface area contributed by atoms with Crippen LogP contribution in [0.2, 0.25) is 0 Å². The normalized spacial score (nSPS) is 20.6. The van der Waals surface area contributed by atoms with E-state index < -0.39 is 30.8 Å². The van der Waals surface area contributed by atoms with Gasteiger partial charge in [0.1, 0.15) is 0 Å². The molecule has 0 rings (SSSR count). The highest BCUT2D eigenvalue weighted by Gasteiger charge is 2.25. The topological polar surface area (TPSA) is 84.9 Å². The molecule has 0 radical (unpaired) electrons. The van der Waals surface area contributed by atoms with Crippen molar-refractivity contribution < 1.29 is 19.7 Å². The van der Waals surface area contributed by atoms with Gasteiger partial charge >= 0.3 is 0 Å². The minimum atomic E-state index is -0.953. The Morgan fingerprint density at radius 3 is 1.50 bits per heavy atom. The quantitative estimate of drug-likeness (QED) is 0.408. The highest BCUT2D eigenvalue weighted by molar-refractivity contribution is 4.99. The number of ether oxygens (including phenoxy) is 2. The maximum Gasteiger partial charge on any atom is 0.152 e. The Hall–Kier alpha value is -0.720. The third-order valence-electron chi connectivity index (χ3n) is 1.93. The molecule has 0 aliphatic heterocycles. The minimum Gasteiger partial charge on any atom is -0.368 e. The van der Waals surface area contributed by atoms with Crippen molar-refractivity contribution in [3.8, 4) is 0 Å². The van der Waals surface area contributed by atoms with E-state index in [0.717, 1.165) is 0 Å². The first-order valence-corrected chi connectivity index (χ1v) is 5.10. The summed E-state index contributed by atoms with van der Waals surface area (Å²) < 4.78 is 10.3. The molecule has 0 spiro atoms. The summed E-state index contributed by atoms with van der Waals surface area (Å²) in [6.45, 7) is 10.1. The van der Waals surface area contributed by atoms with E-state index in [-0.39, 0.29) is 0 Å². The largest absolute Gasteiger partial charge is 0.368 e. The highest BCUT2D eigenvalue weighted by Crippen LogP contribution is 2.11. The number of hydrogen-bond donors (Lipinski definition) is 3. The predicted molar refractivity (Wildman–Crippen MR) is 61.5 cm³/mol. The fourth-order valence-electron chi connectivity index (χ4n) is 1.25. The van der Waals surface area contributed by atoms with Gasteiger partial charge in [0.25, 0.3) is 0 Å². The van der Waals surface area contributed by atoms with Crippen LogP contribution in [0.5, 0.6) is 0 Å². The second-order valence-corrected chi connectivity index (χ2v) is 3.45. The van der Waals surface area contributed by atoms with E-state index in [1.807, 2.05) is 0 Å². The van der Waals surface area contributed by atoms with Gasteiger partial charge in [-0.1, -0.05) is 12.2 Å². The van der Waals surface area contributed by atoms with Gasteiger partial charge in [0.2, 0.25) is 0 Å². The average molecular weight is 231 g/mol. The monoisotopic (exact) mass is 231 g/mol. The van der Waals surface area contributed by atoms with Crippen molar-refractivity contribution in [3.63, 3.8) is 0 Å². The maximum absolute atomic E-state index is 9.10. The minimum absolute atomic E-state index is 0.582. The van der Waals surface area contributed by atoms with Gasteiger partial charge in [-0.15, -0.1) is 13.2 Å². The van der Waals surface area contributed by atoms with Gasteiger partial charge in [-0.05, 0) is 13.8 Å². The summed E-state index contributed by atoms with van der Waals surface area (Å²) in [7, 11) is 0. The number of rotatable bonds is 8. The van der Waals surface area contributed by atoms with Crippen LogP contribution in [0.15, 0.2) is 25.3 Å². The van der Waals surface area contributed by atoms with Gasteiger partial charge in [-0.3, -0.25) is 0 Å². The van der Waals surface area contributed by atoms with Gasteiger partial charge in [0.05, 0.1) is 18.2 Å². The number of nitrogens with two attached hydrogens (primary N) is 1. The first-order valence-electron chi connectivity index (χ1n) is 5.10. The van der Waals surface area contributed by atoms with Crippen LogP contribution in [0, 0.1) is 0 Å². The fourth-order valence-corrected chi connectivity index (χ4v) is 1.25. The lowest BCUT2D eigenvalue weighted by Gasteiger charge is -2.28. The van der Waals surface area contributed by atoms with E-state index in [1.54, 1.807) is 0 Å². The molecule has 16 heavy (non-hydrogen) atoms. The van der Waals surface area contributed by atoms with E-state index in [2.05, 4.69) is 13.2 Å². The Morgan fingerprint density at radius 1 is 1.00 bits per heavy atom. The van der Waals surface area contributed by atoms with Crippen LogP contribution >= 0.6 is 0 Å². The molecule has 5 heteroatoms. The van der Waals surface area contributed by atoms with Crippen LogP contribution in [0.1, 0.15) is 13.8 Å². The molecule has 5 nitrogen and oxygen atoms in total. The molecule has 0 bridgehead atoms. The van der Waals surface area contributed by atoms with Crippen LogP contribution < -0.4 is 5.73 Å². The Balaban J connectivity index is 4.49. The van der Waals surface area contributed by atoms with Crippen LogP contribution in [0.4, 0.5) is 0 Å². The average Bonchev–Trinajstić information content (AvgIpc) is 2.20. The zero-order chi connectivity index (χ0) is 12.7. The number of aliphatic hydroxyl groups excluding tert-OH is 2. The van der Waals surface area contributed by atoms with Crippen molar-refractivity contribution in [2.75, 3.05) is 0 Å². The van der Waals surface area contributed by atoms with Gasteiger partial charge in [0, 0.05) is 0 Å². The Labute approximate surface area is 96.2 Å². The van der Waals surface area contributed by atoms with E-state index >= 15 is 0 Å². The molecule has 4 N–H and O–H groups in total. The molecular weight excluding hydrogens is 210 g/mol. The van der Waals surface area contributed by atoms with E-state index in [1.165, 1.54) is 26.0 Å². The Kier molecular flexibility index (Phi) is 7.20. The summed E-state index contributed by atoms with van der Waals surface area (Å²) >= 11 is 0. The summed E-state index contributed by atoms with van der Waals surface area (Å²) in [5.41, 5.74) is 5.87. The lowest BCUT2D eigenvalue weighted by atomic mass is 10.1. The third-order valence-corrected chi connectivity index (χ3v) is 1.93. The molecule has 0 saturated heterocycles. The van der Waals surface area contributed by atoms with Crippen molar-refractivity contribution >= 4 is 0 Å². The van der Waals surface area contributed by atoms with E-state index in [9.17, 15) is 0 Å². The molecule has 0 aliphatic carbocycles. The van der Waals surface area contributed by atoms with Gasteiger partial charge < -0.3 is 25.4 Å². The summed E-state index contributed by atoms with van der Waals surface area (Å²) in [5.74, 6) is 0. The van der Waals surface area contributed by atoms with Crippen LogP contribution in [0.25, 0.3) is 0 Å². The van der Waals surface area contributed by atoms with Crippen LogP contribution in [0.3, 0.4) is 0 Å². The van der Waals surface area contributed by atoms with Crippen LogP contribution in [-0.2, 0) is 9.47 Å². The molecule has 0 aromatic heterocycles. The maximum atomic E-state index is 9.10. The molecule has 0 saturated carbocycles. The third kappa shape index (κ3) is 5.39. The second kappa shape index (κ2) is 7.54. The van der Waals surface area contributed by atoms with Crippen molar-refractivity contribution in [1.29, 1.82) is 0 Å². The van der Waals surface area contributed by atoms with Crippen molar-refractivity contribution in [1.82, 2.24) is 0 Å². The first-order chi connectivity index (χ1) is 7.42. The molecule has 0 heterocycles. The van der Waals surface area contributed by atoms with Crippen molar-refractivity contribution in [2.45, 2.75) is 44.7 Å². The fraction of sp³-hybridized carbons (Fsp3) is 0.636. The summed E-state index contributed by atoms with van der Waals surface area (Å²) in [4.78, 5) is 0. The Morgan fingerprint density at radius 2 is 1.31 bits per heavy atom. The summed E-state index contributed by atoms with van der Waals surface area (Å²) in [6.07, 6.45) is -0.126. The zero-order valence-electron chi connectivity index (χ0n) is 9.74. The predicted octanol–water partition coefficient (Wildman–Crippen LogP) is 0.133.